The molecule has 0 spiro atoms. The zero-order chi connectivity index (χ0) is 27.8. The molecule has 37 heavy (non-hydrogen) atoms. The molecule has 220 valence electrons. The van der Waals surface area contributed by atoms with E-state index in [-0.39, 0.29) is 11.9 Å². The van der Waals surface area contributed by atoms with Crippen molar-refractivity contribution >= 4 is 25.8 Å². The third-order valence-corrected chi connectivity index (χ3v) is 9.43. The van der Waals surface area contributed by atoms with E-state index in [2.05, 4.69) is 13.8 Å². The van der Waals surface area contributed by atoms with Gasteiger partial charge in [0.25, 0.3) is 0 Å². The topological polar surface area (TPSA) is 82.1 Å². The first-order chi connectivity index (χ1) is 17.9. The van der Waals surface area contributed by atoms with Crippen LogP contribution in [0.2, 0.25) is 0 Å². The first-order valence-corrected chi connectivity index (χ1v) is 17.3. The molecule has 4 unspecified atom stereocenters. The summed E-state index contributed by atoms with van der Waals surface area (Å²) in [6.45, 7) is 8.36. The van der Waals surface area contributed by atoms with Gasteiger partial charge in [0.15, 0.2) is 0 Å². The van der Waals surface area contributed by atoms with Crippen molar-refractivity contribution < 1.29 is 28.5 Å². The summed E-state index contributed by atoms with van der Waals surface area (Å²) in [7, 11) is -1.64. The molecule has 8 heteroatoms. The van der Waals surface area contributed by atoms with Gasteiger partial charge >= 0.3 is 19.5 Å². The number of thioether (sulfide) groups is 1. The van der Waals surface area contributed by atoms with Gasteiger partial charge in [-0.1, -0.05) is 117 Å². The summed E-state index contributed by atoms with van der Waals surface area (Å²) in [5.74, 6) is -0.0608. The summed E-state index contributed by atoms with van der Waals surface area (Å²) < 4.78 is 28.4. The highest BCUT2D eigenvalue weighted by atomic mass is 32.2. The zero-order valence-electron chi connectivity index (χ0n) is 24.6. The fraction of sp³-hybridized carbons (Fsp3) is 0.966. The van der Waals surface area contributed by atoms with Crippen molar-refractivity contribution in [2.24, 2.45) is 0 Å². The van der Waals surface area contributed by atoms with Crippen LogP contribution in [-0.2, 0) is 23.4 Å². The second-order valence-electron chi connectivity index (χ2n) is 10.2. The van der Waals surface area contributed by atoms with E-state index in [0.717, 1.165) is 38.5 Å². The van der Waals surface area contributed by atoms with Crippen LogP contribution < -0.4 is 0 Å². The maximum atomic E-state index is 12.6. The van der Waals surface area contributed by atoms with Gasteiger partial charge < -0.3 is 9.84 Å². The highest BCUT2D eigenvalue weighted by Gasteiger charge is 2.62. The van der Waals surface area contributed by atoms with Gasteiger partial charge in [-0.15, -0.1) is 4.52 Å². The number of carbonyl (C=O) groups is 1. The van der Waals surface area contributed by atoms with E-state index in [9.17, 15) is 14.5 Å². The second kappa shape index (κ2) is 24.8. The van der Waals surface area contributed by atoms with Crippen molar-refractivity contribution in [2.45, 2.75) is 160 Å². The fourth-order valence-corrected chi connectivity index (χ4v) is 6.65. The van der Waals surface area contributed by atoms with E-state index in [1.165, 1.54) is 83.5 Å². The van der Waals surface area contributed by atoms with Crippen LogP contribution in [0.1, 0.15) is 143 Å². The Morgan fingerprint density at radius 2 is 1.30 bits per heavy atom. The maximum absolute atomic E-state index is 12.6. The van der Waals surface area contributed by atoms with Crippen LogP contribution >= 0.6 is 19.8 Å². The summed E-state index contributed by atoms with van der Waals surface area (Å²) >= 11 is 1.84. The number of methoxy groups -OCH3 is 1. The lowest BCUT2D eigenvalue weighted by atomic mass is 10.1. The Hall–Kier alpha value is -0.200. The number of aliphatic hydroxyl groups is 1. The quantitative estimate of drug-likeness (QED) is 0.0460. The zero-order valence-corrected chi connectivity index (χ0v) is 26.4. The van der Waals surface area contributed by atoms with Gasteiger partial charge in [-0.3, -0.25) is 4.74 Å². The molecule has 0 aliphatic heterocycles. The van der Waals surface area contributed by atoms with Gasteiger partial charge in [-0.05, 0) is 36.5 Å². The van der Waals surface area contributed by atoms with Crippen molar-refractivity contribution in [2.75, 3.05) is 19.5 Å². The van der Waals surface area contributed by atoms with Gasteiger partial charge in [-0.2, -0.15) is 11.8 Å². The molecule has 0 rings (SSSR count). The summed E-state index contributed by atoms with van der Waals surface area (Å²) in [5.41, 5.74) is -2.59. The molecular weight excluding hydrogens is 507 g/mol. The van der Waals surface area contributed by atoms with Crippen LogP contribution in [0.15, 0.2) is 0 Å². The average molecular weight is 566 g/mol. The molecule has 0 radical (unpaired) electrons. The SMILES string of the molecule is CCCCCCCCCCCCSC(CCCCCCCC)C(C)OC(O)(C(=O)OC)[P+](=O)OCCC. The van der Waals surface area contributed by atoms with Gasteiger partial charge in [0, 0.05) is 5.25 Å². The Kier molecular flexibility index (Phi) is 24.7. The van der Waals surface area contributed by atoms with Crippen LogP contribution in [-0.4, -0.2) is 47.4 Å². The number of carbonyl (C=O) groups excluding carboxylic acids is 1. The first kappa shape index (κ1) is 36.8. The third kappa shape index (κ3) is 17.9. The number of esters is 1. The van der Waals surface area contributed by atoms with E-state index < -0.39 is 25.6 Å². The van der Waals surface area contributed by atoms with Gasteiger partial charge in [0.2, 0.25) is 0 Å². The Morgan fingerprint density at radius 3 is 1.78 bits per heavy atom. The Balaban J connectivity index is 4.78. The van der Waals surface area contributed by atoms with Crippen molar-refractivity contribution in [1.29, 1.82) is 0 Å². The monoisotopic (exact) mass is 565 g/mol. The van der Waals surface area contributed by atoms with E-state index in [1.807, 2.05) is 25.6 Å². The average Bonchev–Trinajstić information content (AvgIpc) is 2.90. The molecule has 0 aliphatic rings. The van der Waals surface area contributed by atoms with Gasteiger partial charge in [-0.25, -0.2) is 4.79 Å². The molecule has 0 fully saturated rings. The summed E-state index contributed by atoms with van der Waals surface area (Å²) in [4.78, 5) is 12.3. The van der Waals surface area contributed by atoms with Crippen molar-refractivity contribution in [1.82, 2.24) is 0 Å². The number of hydrogen-bond acceptors (Lipinski definition) is 7. The molecule has 4 atom stereocenters. The predicted octanol–water partition coefficient (Wildman–Crippen LogP) is 9.15. The van der Waals surface area contributed by atoms with Crippen LogP contribution in [0.25, 0.3) is 0 Å². The minimum Gasteiger partial charge on any atom is -0.461 e. The van der Waals surface area contributed by atoms with Crippen molar-refractivity contribution in [3.05, 3.63) is 0 Å². The second-order valence-corrected chi connectivity index (χ2v) is 12.9. The normalized spacial score (nSPS) is 15.2. The molecular formula is C29H58O6PS+. The Labute approximate surface area is 233 Å². The molecule has 0 heterocycles. The van der Waals surface area contributed by atoms with Crippen LogP contribution in [0.4, 0.5) is 0 Å². The van der Waals surface area contributed by atoms with E-state index in [0.29, 0.717) is 6.42 Å². The maximum Gasteiger partial charge on any atom is 0.589 e. The summed E-state index contributed by atoms with van der Waals surface area (Å²) in [6, 6.07) is 0. The lowest BCUT2D eigenvalue weighted by molar-refractivity contribution is -0.206. The summed E-state index contributed by atoms with van der Waals surface area (Å²) in [6.07, 6.45) is 21.4. The number of hydrogen-bond donors (Lipinski definition) is 1. The van der Waals surface area contributed by atoms with E-state index >= 15 is 0 Å². The van der Waals surface area contributed by atoms with Crippen molar-refractivity contribution in [3.63, 3.8) is 0 Å². The molecule has 6 nitrogen and oxygen atoms in total. The Morgan fingerprint density at radius 1 is 0.811 bits per heavy atom. The van der Waals surface area contributed by atoms with Crippen LogP contribution in [0.3, 0.4) is 0 Å². The highest BCUT2D eigenvalue weighted by molar-refractivity contribution is 7.99. The Bertz CT molecular complexity index is 565. The molecule has 0 bridgehead atoms. The lowest BCUT2D eigenvalue weighted by Gasteiger charge is -2.26. The van der Waals surface area contributed by atoms with E-state index in [4.69, 9.17) is 14.0 Å². The molecule has 0 aromatic heterocycles. The minimum absolute atomic E-state index is 0.0931. The smallest absolute Gasteiger partial charge is 0.461 e. The molecule has 0 amide bonds. The molecule has 0 saturated carbocycles. The fourth-order valence-electron chi connectivity index (χ4n) is 4.30. The van der Waals surface area contributed by atoms with Crippen molar-refractivity contribution in [3.8, 4) is 0 Å². The first-order valence-electron chi connectivity index (χ1n) is 15.1. The standard InChI is InChI=1S/C29H58O6PS/c1-6-9-11-13-15-16-17-18-20-22-25-37-27(23-21-19-14-12-10-7-2)26(4)35-29(31,28(30)33-5)36(32)34-24-8-3/h26-27,31H,6-25H2,1-5H3/q+1. The number of ether oxygens (including phenoxy) is 2. The van der Waals surface area contributed by atoms with Crippen LogP contribution in [0.5, 0.6) is 0 Å². The highest BCUT2D eigenvalue weighted by Crippen LogP contribution is 2.42. The molecule has 0 aromatic rings. The molecule has 0 aromatic carbocycles. The molecule has 0 aliphatic carbocycles. The molecule has 0 saturated heterocycles. The van der Waals surface area contributed by atoms with Gasteiger partial charge in [0.1, 0.15) is 6.61 Å². The predicted molar refractivity (Wildman–Crippen MR) is 157 cm³/mol. The number of unbranched alkanes of at least 4 members (excludes halogenated alkanes) is 14. The van der Waals surface area contributed by atoms with E-state index in [1.54, 1.807) is 0 Å². The number of rotatable bonds is 27. The van der Waals surface area contributed by atoms with Gasteiger partial charge in [0.05, 0.1) is 13.2 Å². The largest absolute Gasteiger partial charge is 0.589 e. The van der Waals surface area contributed by atoms with Crippen LogP contribution in [0, 0.1) is 0 Å². The lowest BCUT2D eigenvalue weighted by Crippen LogP contribution is -2.44. The minimum atomic E-state index is -2.79. The molecule has 1 N–H and O–H groups in total. The summed E-state index contributed by atoms with van der Waals surface area (Å²) in [5, 5.41) is 11.0. The third-order valence-electron chi connectivity index (χ3n) is 6.66.